The van der Waals surface area contributed by atoms with E-state index in [1.54, 1.807) is 19.0 Å². The maximum absolute atomic E-state index is 12.1. The molecule has 1 amide bonds. The molecule has 0 aliphatic heterocycles. The van der Waals surface area contributed by atoms with Crippen molar-refractivity contribution in [3.63, 3.8) is 0 Å². The minimum atomic E-state index is -1.09. The lowest BCUT2D eigenvalue weighted by Crippen LogP contribution is -2.21. The van der Waals surface area contributed by atoms with Gasteiger partial charge < -0.3 is 4.90 Å². The molecule has 0 radical (unpaired) electrons. The first-order valence-corrected chi connectivity index (χ1v) is 8.40. The maximum Gasteiger partial charge on any atom is 0.222 e. The van der Waals surface area contributed by atoms with Crippen LogP contribution in [-0.4, -0.2) is 39.8 Å². The van der Waals surface area contributed by atoms with Crippen LogP contribution < -0.4 is 0 Å². The van der Waals surface area contributed by atoms with E-state index in [-0.39, 0.29) is 11.3 Å². The van der Waals surface area contributed by atoms with E-state index in [2.05, 4.69) is 25.8 Å². The summed E-state index contributed by atoms with van der Waals surface area (Å²) >= 11 is 1.51. The van der Waals surface area contributed by atoms with Crippen molar-refractivity contribution in [3.8, 4) is 0 Å². The third-order valence-corrected chi connectivity index (χ3v) is 5.82. The molecule has 0 bridgehead atoms. The summed E-state index contributed by atoms with van der Waals surface area (Å²) in [6.45, 7) is 6.34. The summed E-state index contributed by atoms with van der Waals surface area (Å²) in [6, 6.07) is 0. The first kappa shape index (κ1) is 16.3. The lowest BCUT2D eigenvalue weighted by Gasteiger charge is -2.14. The van der Waals surface area contributed by atoms with Crippen molar-refractivity contribution in [2.45, 2.75) is 43.4 Å². The largest absolute Gasteiger partial charge is 0.349 e. The van der Waals surface area contributed by atoms with Gasteiger partial charge in [0.2, 0.25) is 5.91 Å². The van der Waals surface area contributed by atoms with E-state index in [4.69, 9.17) is 0 Å². The number of hydrogen-bond donors (Lipinski definition) is 0. The minimum Gasteiger partial charge on any atom is -0.349 e. The molecule has 6 heteroatoms. The SMILES string of the molecule is CN(C)C(=O)CCCS(=O)c1ncc(C(C)(C)C)s1. The Morgan fingerprint density at radius 3 is 2.53 bits per heavy atom. The summed E-state index contributed by atoms with van der Waals surface area (Å²) in [4.78, 5) is 18.3. The molecule has 0 aliphatic carbocycles. The van der Waals surface area contributed by atoms with Gasteiger partial charge in [-0.3, -0.25) is 9.00 Å². The topological polar surface area (TPSA) is 50.3 Å². The average molecular weight is 302 g/mol. The van der Waals surface area contributed by atoms with Crippen molar-refractivity contribution in [2.24, 2.45) is 0 Å². The van der Waals surface area contributed by atoms with Crippen LogP contribution in [0.5, 0.6) is 0 Å². The van der Waals surface area contributed by atoms with Gasteiger partial charge in [0.05, 0.1) is 10.8 Å². The zero-order valence-electron chi connectivity index (χ0n) is 12.2. The summed E-state index contributed by atoms with van der Waals surface area (Å²) in [5.41, 5.74) is 0.0427. The average Bonchev–Trinajstić information content (AvgIpc) is 2.77. The molecule has 0 N–H and O–H groups in total. The van der Waals surface area contributed by atoms with E-state index < -0.39 is 10.8 Å². The molecule has 1 atom stereocenters. The van der Waals surface area contributed by atoms with Gasteiger partial charge in [-0.1, -0.05) is 20.8 Å². The fraction of sp³-hybridized carbons (Fsp3) is 0.692. The van der Waals surface area contributed by atoms with Crippen LogP contribution in [-0.2, 0) is 21.0 Å². The second kappa shape index (κ2) is 6.61. The van der Waals surface area contributed by atoms with E-state index in [9.17, 15) is 9.00 Å². The molecule has 0 spiro atoms. The Bertz CT molecular complexity index is 461. The second-order valence-electron chi connectivity index (χ2n) is 5.68. The minimum absolute atomic E-state index is 0.0427. The van der Waals surface area contributed by atoms with Gasteiger partial charge in [-0.25, -0.2) is 4.98 Å². The molecule has 1 rings (SSSR count). The van der Waals surface area contributed by atoms with Crippen LogP contribution in [0.15, 0.2) is 10.5 Å². The van der Waals surface area contributed by atoms with E-state index in [1.165, 1.54) is 11.3 Å². The zero-order valence-corrected chi connectivity index (χ0v) is 13.9. The molecule has 1 aromatic heterocycles. The number of carbonyl (C=O) groups is 1. The van der Waals surface area contributed by atoms with E-state index in [0.29, 0.717) is 22.9 Å². The first-order chi connectivity index (χ1) is 8.71. The maximum atomic E-state index is 12.1. The molecular formula is C13H22N2O2S2. The number of thiazole rings is 1. The molecule has 108 valence electrons. The summed E-state index contributed by atoms with van der Waals surface area (Å²) in [5, 5.41) is 0. The van der Waals surface area contributed by atoms with Gasteiger partial charge in [-0.15, -0.1) is 11.3 Å². The normalized spacial score (nSPS) is 13.3. The third-order valence-electron chi connectivity index (χ3n) is 2.64. The fourth-order valence-corrected chi connectivity index (χ4v) is 3.72. The van der Waals surface area contributed by atoms with Gasteiger partial charge in [0.15, 0.2) is 4.34 Å². The molecule has 19 heavy (non-hydrogen) atoms. The molecular weight excluding hydrogens is 280 g/mol. The Balaban J connectivity index is 2.51. The first-order valence-electron chi connectivity index (χ1n) is 6.26. The Morgan fingerprint density at radius 2 is 2.05 bits per heavy atom. The molecule has 0 aromatic carbocycles. The van der Waals surface area contributed by atoms with Crippen molar-refractivity contribution < 1.29 is 9.00 Å². The smallest absolute Gasteiger partial charge is 0.222 e. The van der Waals surface area contributed by atoms with Crippen LogP contribution in [0, 0.1) is 0 Å². The highest BCUT2D eigenvalue weighted by Gasteiger charge is 2.19. The summed E-state index contributed by atoms with van der Waals surface area (Å²) in [7, 11) is 2.37. The Morgan fingerprint density at radius 1 is 1.42 bits per heavy atom. The summed E-state index contributed by atoms with van der Waals surface area (Å²) in [5.74, 6) is 0.572. The lowest BCUT2D eigenvalue weighted by atomic mass is 9.96. The highest BCUT2D eigenvalue weighted by Crippen LogP contribution is 2.29. The van der Waals surface area contributed by atoms with Gasteiger partial charge >= 0.3 is 0 Å². The number of hydrogen-bond acceptors (Lipinski definition) is 4. The Kier molecular flexibility index (Phi) is 5.67. The molecule has 0 fully saturated rings. The highest BCUT2D eigenvalue weighted by atomic mass is 32.2. The van der Waals surface area contributed by atoms with Crippen LogP contribution in [0.3, 0.4) is 0 Å². The van der Waals surface area contributed by atoms with Gasteiger partial charge in [0.1, 0.15) is 0 Å². The summed E-state index contributed by atoms with van der Waals surface area (Å²) < 4.78 is 12.7. The van der Waals surface area contributed by atoms with Crippen molar-refractivity contribution >= 4 is 28.0 Å². The van der Waals surface area contributed by atoms with Gasteiger partial charge in [0, 0.05) is 37.3 Å². The van der Waals surface area contributed by atoms with Crippen LogP contribution >= 0.6 is 11.3 Å². The number of amides is 1. The molecule has 1 unspecified atom stereocenters. The van der Waals surface area contributed by atoms with Crippen LogP contribution in [0.2, 0.25) is 0 Å². The molecule has 1 aromatic rings. The standard InChI is InChI=1S/C13H22N2O2S2/c1-13(2,3)10-9-14-12(18-10)19(17)8-6-7-11(16)15(4)5/h9H,6-8H2,1-5H3. The molecule has 1 heterocycles. The van der Waals surface area contributed by atoms with Crippen molar-refractivity contribution in [3.05, 3.63) is 11.1 Å². The Hall–Kier alpha value is -0.750. The van der Waals surface area contributed by atoms with E-state index >= 15 is 0 Å². The third kappa shape index (κ3) is 5.03. The Labute approximate surface area is 121 Å². The van der Waals surface area contributed by atoms with Crippen molar-refractivity contribution in [1.82, 2.24) is 9.88 Å². The number of rotatable bonds is 5. The van der Waals surface area contributed by atoms with Crippen LogP contribution in [0.25, 0.3) is 0 Å². The highest BCUT2D eigenvalue weighted by molar-refractivity contribution is 7.87. The predicted octanol–water partition coefficient (Wildman–Crippen LogP) is 2.42. The molecule has 0 aliphatic rings. The van der Waals surface area contributed by atoms with Crippen LogP contribution in [0.4, 0.5) is 0 Å². The fourth-order valence-electron chi connectivity index (χ4n) is 1.38. The number of nitrogens with zero attached hydrogens (tertiary/aromatic N) is 2. The van der Waals surface area contributed by atoms with E-state index in [0.717, 1.165) is 4.88 Å². The van der Waals surface area contributed by atoms with Crippen molar-refractivity contribution in [2.75, 3.05) is 19.8 Å². The predicted molar refractivity (Wildman–Crippen MR) is 80.0 cm³/mol. The molecule has 0 saturated carbocycles. The molecule has 4 nitrogen and oxygen atoms in total. The molecule has 0 saturated heterocycles. The van der Waals surface area contributed by atoms with E-state index in [1.807, 2.05) is 6.20 Å². The quantitative estimate of drug-likeness (QED) is 0.839. The van der Waals surface area contributed by atoms with Crippen LogP contribution in [0.1, 0.15) is 38.5 Å². The number of aromatic nitrogens is 1. The van der Waals surface area contributed by atoms with Gasteiger partial charge in [-0.05, 0) is 11.8 Å². The second-order valence-corrected chi connectivity index (χ2v) is 8.46. The van der Waals surface area contributed by atoms with Gasteiger partial charge in [-0.2, -0.15) is 0 Å². The van der Waals surface area contributed by atoms with Crippen molar-refractivity contribution in [1.29, 1.82) is 0 Å². The lowest BCUT2D eigenvalue weighted by molar-refractivity contribution is -0.128. The zero-order chi connectivity index (χ0) is 14.6. The monoisotopic (exact) mass is 302 g/mol. The number of carbonyl (C=O) groups excluding carboxylic acids is 1. The summed E-state index contributed by atoms with van der Waals surface area (Å²) in [6.07, 6.45) is 2.88. The van der Waals surface area contributed by atoms with Gasteiger partial charge in [0.25, 0.3) is 0 Å².